The topological polar surface area (TPSA) is 78.4 Å². The van der Waals surface area contributed by atoms with Gasteiger partial charge in [0.15, 0.2) is 0 Å². The van der Waals surface area contributed by atoms with Gasteiger partial charge in [-0.1, -0.05) is 70.7 Å². The fourth-order valence-corrected chi connectivity index (χ4v) is 4.71. The van der Waals surface area contributed by atoms with Gasteiger partial charge in [0, 0.05) is 43.3 Å². The van der Waals surface area contributed by atoms with E-state index in [1.807, 2.05) is 41.3 Å². The number of anilines is 1. The van der Waals surface area contributed by atoms with Crippen LogP contribution >= 0.6 is 0 Å². The van der Waals surface area contributed by atoms with E-state index in [1.54, 1.807) is 0 Å². The van der Waals surface area contributed by atoms with Crippen LogP contribution in [0.15, 0.2) is 67.1 Å². The number of aryl methyl sites for hydroxylation is 1. The number of unbranched alkanes of at least 4 members (excludes halogenated alkanes) is 4. The molecule has 0 saturated heterocycles. The van der Waals surface area contributed by atoms with Gasteiger partial charge >= 0.3 is 0 Å². The molecule has 7 heteroatoms. The number of carbonyl (C=O) groups is 2. The molecule has 0 radical (unpaired) electrons. The van der Waals surface area contributed by atoms with E-state index >= 15 is 0 Å². The average Bonchev–Trinajstić information content (AvgIpc) is 3.01. The molecule has 0 unspecified atom stereocenters. The van der Waals surface area contributed by atoms with Crippen LogP contribution in [-0.2, 0) is 13.0 Å². The monoisotopic (exact) mass is 557 g/mol. The minimum absolute atomic E-state index is 0.0519. The van der Waals surface area contributed by atoms with Crippen LogP contribution in [0.5, 0.6) is 0 Å². The van der Waals surface area contributed by atoms with Gasteiger partial charge in [0.05, 0.1) is 6.20 Å². The van der Waals surface area contributed by atoms with Gasteiger partial charge in [0.1, 0.15) is 5.69 Å². The molecule has 0 aliphatic heterocycles. The van der Waals surface area contributed by atoms with E-state index in [1.165, 1.54) is 56.3 Å². The number of carbonyl (C=O) groups excluding carboxylic acids is 2. The molecule has 41 heavy (non-hydrogen) atoms. The summed E-state index contributed by atoms with van der Waals surface area (Å²) in [6.45, 7) is 10.8. The summed E-state index contributed by atoms with van der Waals surface area (Å²) >= 11 is 0. The van der Waals surface area contributed by atoms with Crippen molar-refractivity contribution < 1.29 is 9.59 Å². The molecule has 0 spiro atoms. The summed E-state index contributed by atoms with van der Waals surface area (Å²) in [7, 11) is 0. The Kier molecular flexibility index (Phi) is 14.0. The van der Waals surface area contributed by atoms with Crippen molar-refractivity contribution in [2.45, 2.75) is 78.7 Å². The van der Waals surface area contributed by atoms with Crippen molar-refractivity contribution >= 4 is 17.5 Å². The number of rotatable bonds is 18. The molecule has 2 aromatic carbocycles. The second kappa shape index (κ2) is 18.0. The third-order valence-corrected chi connectivity index (χ3v) is 7.28. The normalized spacial score (nSPS) is 11.0. The number of hydrogen-bond acceptors (Lipinski definition) is 5. The average molecular weight is 558 g/mol. The Bertz CT molecular complexity index is 1160. The van der Waals surface area contributed by atoms with Gasteiger partial charge in [-0.05, 0) is 74.2 Å². The Morgan fingerprint density at radius 1 is 0.732 bits per heavy atom. The molecule has 0 atom stereocenters. The molecule has 7 nitrogen and oxygen atoms in total. The van der Waals surface area contributed by atoms with Gasteiger partial charge in [-0.15, -0.1) is 0 Å². The van der Waals surface area contributed by atoms with Gasteiger partial charge in [-0.25, -0.2) is 4.98 Å². The zero-order valence-electron chi connectivity index (χ0n) is 25.1. The summed E-state index contributed by atoms with van der Waals surface area (Å²) in [6.07, 6.45) is 13.8. The molecular formula is C34H47N5O2. The highest BCUT2D eigenvalue weighted by atomic mass is 16.2. The predicted octanol–water partition coefficient (Wildman–Crippen LogP) is 7.01. The summed E-state index contributed by atoms with van der Waals surface area (Å²) in [4.78, 5) is 38.7. The lowest BCUT2D eigenvalue weighted by atomic mass is 10.0. The first kappa shape index (κ1) is 31.9. The van der Waals surface area contributed by atoms with Crippen LogP contribution in [0.3, 0.4) is 0 Å². The number of aromatic nitrogens is 2. The first-order valence-electron chi connectivity index (χ1n) is 15.3. The maximum atomic E-state index is 13.8. The lowest BCUT2D eigenvalue weighted by Crippen LogP contribution is -2.39. The number of nitrogens with one attached hydrogen (secondary N) is 1. The van der Waals surface area contributed by atoms with Crippen molar-refractivity contribution in [1.29, 1.82) is 0 Å². The highest BCUT2D eigenvalue weighted by Crippen LogP contribution is 2.16. The second-order valence-electron chi connectivity index (χ2n) is 10.7. The van der Waals surface area contributed by atoms with Gasteiger partial charge in [0.2, 0.25) is 0 Å². The van der Waals surface area contributed by atoms with Crippen LogP contribution in [0.4, 0.5) is 5.69 Å². The van der Waals surface area contributed by atoms with E-state index in [2.05, 4.69) is 53.1 Å². The lowest BCUT2D eigenvalue weighted by Gasteiger charge is -2.28. The minimum Gasteiger partial charge on any atom is -0.333 e. The van der Waals surface area contributed by atoms with Gasteiger partial charge in [0.25, 0.3) is 11.8 Å². The number of benzene rings is 2. The zero-order chi connectivity index (χ0) is 29.3. The van der Waals surface area contributed by atoms with E-state index in [0.717, 1.165) is 50.0 Å². The van der Waals surface area contributed by atoms with Crippen molar-refractivity contribution in [3.8, 4) is 0 Å². The number of amides is 2. The Morgan fingerprint density at radius 2 is 1.39 bits per heavy atom. The predicted molar refractivity (Wildman–Crippen MR) is 167 cm³/mol. The number of hydrogen-bond donors (Lipinski definition) is 1. The standard InChI is InChI=1S/C34H47N5O2/c1-4-7-10-11-28-12-16-30(17-13-28)34(41)39(25-24-38(22-8-5-2)23-9-6-3)27-29-14-18-31(19-15-29)37-33(40)32-26-35-20-21-36-32/h12-21,26H,4-11,22-25,27H2,1-3H3,(H,37,40). The Balaban J connectivity index is 1.71. The Morgan fingerprint density at radius 3 is 2.00 bits per heavy atom. The SMILES string of the molecule is CCCCCc1ccc(C(=O)N(CCN(CCCC)CCCC)Cc2ccc(NC(=O)c3cnccn3)cc2)cc1. The van der Waals surface area contributed by atoms with Crippen LogP contribution < -0.4 is 5.32 Å². The van der Waals surface area contributed by atoms with Crippen LogP contribution in [0, 0.1) is 0 Å². The van der Waals surface area contributed by atoms with Crippen LogP contribution in [0.2, 0.25) is 0 Å². The van der Waals surface area contributed by atoms with Crippen molar-refractivity contribution in [3.63, 3.8) is 0 Å². The lowest BCUT2D eigenvalue weighted by molar-refractivity contribution is 0.0720. The first-order chi connectivity index (χ1) is 20.0. The summed E-state index contributed by atoms with van der Waals surface area (Å²) in [5.74, 6) is -0.254. The van der Waals surface area contributed by atoms with E-state index in [9.17, 15) is 9.59 Å². The molecule has 0 bridgehead atoms. The molecule has 0 saturated carbocycles. The largest absolute Gasteiger partial charge is 0.333 e. The molecule has 0 aliphatic rings. The van der Waals surface area contributed by atoms with E-state index in [-0.39, 0.29) is 17.5 Å². The van der Waals surface area contributed by atoms with Crippen LogP contribution in [0.25, 0.3) is 0 Å². The zero-order valence-corrected chi connectivity index (χ0v) is 25.1. The maximum absolute atomic E-state index is 13.8. The van der Waals surface area contributed by atoms with E-state index in [4.69, 9.17) is 0 Å². The van der Waals surface area contributed by atoms with Crippen molar-refractivity contribution in [1.82, 2.24) is 19.8 Å². The maximum Gasteiger partial charge on any atom is 0.275 e. The molecule has 0 aliphatic carbocycles. The molecular weight excluding hydrogens is 510 g/mol. The van der Waals surface area contributed by atoms with E-state index < -0.39 is 0 Å². The third kappa shape index (κ3) is 11.1. The fraction of sp³-hybridized carbons (Fsp3) is 0.471. The van der Waals surface area contributed by atoms with Crippen LogP contribution in [-0.4, -0.2) is 57.8 Å². The summed E-state index contributed by atoms with van der Waals surface area (Å²) in [5, 5.41) is 2.86. The summed E-state index contributed by atoms with van der Waals surface area (Å²) in [6, 6.07) is 15.8. The molecule has 0 fully saturated rings. The smallest absolute Gasteiger partial charge is 0.275 e. The molecule has 1 N–H and O–H groups in total. The van der Waals surface area contributed by atoms with Crippen molar-refractivity contribution in [2.24, 2.45) is 0 Å². The molecule has 220 valence electrons. The molecule has 3 rings (SSSR count). The van der Waals surface area contributed by atoms with Crippen LogP contribution in [0.1, 0.15) is 97.7 Å². The summed E-state index contributed by atoms with van der Waals surface area (Å²) in [5.41, 5.74) is 3.96. The highest BCUT2D eigenvalue weighted by Gasteiger charge is 2.18. The summed E-state index contributed by atoms with van der Waals surface area (Å²) < 4.78 is 0. The fourth-order valence-electron chi connectivity index (χ4n) is 4.71. The van der Waals surface area contributed by atoms with Crippen molar-refractivity contribution in [2.75, 3.05) is 31.5 Å². The van der Waals surface area contributed by atoms with E-state index in [0.29, 0.717) is 18.8 Å². The van der Waals surface area contributed by atoms with Gasteiger partial charge in [-0.2, -0.15) is 0 Å². The third-order valence-electron chi connectivity index (χ3n) is 7.28. The first-order valence-corrected chi connectivity index (χ1v) is 15.3. The van der Waals surface area contributed by atoms with Gasteiger partial charge < -0.3 is 15.1 Å². The minimum atomic E-state index is -0.306. The Labute approximate surface area is 246 Å². The molecule has 1 heterocycles. The molecule has 1 aromatic heterocycles. The molecule has 3 aromatic rings. The molecule has 2 amide bonds. The van der Waals surface area contributed by atoms with Crippen molar-refractivity contribution in [3.05, 3.63) is 89.5 Å². The highest BCUT2D eigenvalue weighted by molar-refractivity contribution is 6.02. The Hall–Kier alpha value is -3.58. The second-order valence-corrected chi connectivity index (χ2v) is 10.7. The van der Waals surface area contributed by atoms with Gasteiger partial charge in [-0.3, -0.25) is 14.6 Å². The number of nitrogens with zero attached hydrogens (tertiary/aromatic N) is 4. The quantitative estimate of drug-likeness (QED) is 0.170.